The van der Waals surface area contributed by atoms with Crippen LogP contribution >= 0.6 is 0 Å². The van der Waals surface area contributed by atoms with Crippen molar-refractivity contribution in [3.8, 4) is 17.6 Å². The number of rotatable bonds is 8. The van der Waals surface area contributed by atoms with Crippen LogP contribution in [0.2, 0.25) is 0 Å². The number of nitrogens with one attached hydrogen (secondary N) is 2. The molecule has 0 aliphatic heterocycles. The Kier molecular flexibility index (Phi) is 6.47. The molecule has 5 aromatic rings. The Balaban J connectivity index is 1.52. The van der Waals surface area contributed by atoms with Gasteiger partial charge in [0.15, 0.2) is 5.75 Å². The second kappa shape index (κ2) is 10.0. The van der Waals surface area contributed by atoms with Gasteiger partial charge in [-0.15, -0.1) is 0 Å². The first kappa shape index (κ1) is 23.9. The van der Waals surface area contributed by atoms with Crippen molar-refractivity contribution >= 4 is 39.1 Å². The van der Waals surface area contributed by atoms with Gasteiger partial charge in [0.2, 0.25) is 5.88 Å². The lowest BCUT2D eigenvalue weighted by molar-refractivity contribution is 0.102. The molecule has 0 unspecified atom stereocenters. The number of aryl methyl sites for hydroxylation is 1. The molecule has 12 nitrogen and oxygen atoms in total. The second-order valence-electron chi connectivity index (χ2n) is 8.46. The Hall–Kier alpha value is -4.84. The van der Waals surface area contributed by atoms with Crippen LogP contribution in [0.5, 0.6) is 17.6 Å². The van der Waals surface area contributed by atoms with E-state index < -0.39 is 0 Å². The number of benzene rings is 2. The molecule has 3 aromatic heterocycles. The molecule has 0 fully saturated rings. The minimum atomic E-state index is -0.360. The van der Waals surface area contributed by atoms with Crippen LogP contribution in [0, 0.1) is 0 Å². The molecule has 3 heterocycles. The molecule has 188 valence electrons. The number of aromatic nitrogens is 6. The first-order chi connectivity index (χ1) is 17.9. The van der Waals surface area contributed by atoms with Gasteiger partial charge in [0.25, 0.3) is 5.91 Å². The summed E-state index contributed by atoms with van der Waals surface area (Å²) >= 11 is 0. The summed E-state index contributed by atoms with van der Waals surface area (Å²) in [5.41, 5.74) is 8.61. The molecule has 0 aliphatic rings. The van der Waals surface area contributed by atoms with Crippen molar-refractivity contribution in [1.82, 2.24) is 29.7 Å². The lowest BCUT2D eigenvalue weighted by atomic mass is 10.1. The predicted molar refractivity (Wildman–Crippen MR) is 139 cm³/mol. The Bertz CT molecular complexity index is 1590. The van der Waals surface area contributed by atoms with E-state index in [1.165, 1.54) is 13.4 Å². The summed E-state index contributed by atoms with van der Waals surface area (Å²) in [6, 6.07) is 8.77. The Morgan fingerprint density at radius 2 is 2.05 bits per heavy atom. The summed E-state index contributed by atoms with van der Waals surface area (Å²) < 4.78 is 12.8. The summed E-state index contributed by atoms with van der Waals surface area (Å²) in [5, 5.41) is 12.2. The van der Waals surface area contributed by atoms with Crippen molar-refractivity contribution in [3.05, 3.63) is 60.8 Å². The van der Waals surface area contributed by atoms with Crippen LogP contribution < -0.4 is 25.8 Å². The lowest BCUT2D eigenvalue weighted by Crippen LogP contribution is -2.25. The molecule has 2 aromatic carbocycles. The SMILES string of the molecule is COc1ncc2c(NC[C@H](C)N)ccc(C(=O)Nc3cc(Oc4ccncn4)c4nn(C)cc4c3)c2n1. The van der Waals surface area contributed by atoms with E-state index in [4.69, 9.17) is 15.2 Å². The van der Waals surface area contributed by atoms with Gasteiger partial charge in [-0.05, 0) is 25.1 Å². The number of anilines is 2. The van der Waals surface area contributed by atoms with Crippen LogP contribution in [0.4, 0.5) is 11.4 Å². The highest BCUT2D eigenvalue weighted by molar-refractivity contribution is 6.14. The van der Waals surface area contributed by atoms with Gasteiger partial charge in [0, 0.05) is 72.5 Å². The highest BCUT2D eigenvalue weighted by atomic mass is 16.5. The molecular formula is C25H25N9O3. The summed E-state index contributed by atoms with van der Waals surface area (Å²) in [4.78, 5) is 30.2. The van der Waals surface area contributed by atoms with E-state index in [1.54, 1.807) is 35.3 Å². The number of hydrogen-bond acceptors (Lipinski definition) is 10. The number of nitrogens with two attached hydrogens (primary N) is 1. The molecule has 1 amide bonds. The summed E-state index contributed by atoms with van der Waals surface area (Å²) in [5.74, 6) is 0.437. The summed E-state index contributed by atoms with van der Waals surface area (Å²) in [6.07, 6.45) is 6.43. The molecular weight excluding hydrogens is 474 g/mol. The molecule has 12 heteroatoms. The first-order valence-electron chi connectivity index (χ1n) is 11.5. The van der Waals surface area contributed by atoms with Crippen LogP contribution in [0.1, 0.15) is 17.3 Å². The predicted octanol–water partition coefficient (Wildman–Crippen LogP) is 3.12. The fourth-order valence-electron chi connectivity index (χ4n) is 3.83. The molecule has 0 saturated carbocycles. The molecule has 37 heavy (non-hydrogen) atoms. The maximum Gasteiger partial charge on any atom is 0.316 e. The Morgan fingerprint density at radius 1 is 1.19 bits per heavy atom. The molecule has 1 atom stereocenters. The topological polar surface area (TPSA) is 155 Å². The molecule has 0 saturated heterocycles. The summed E-state index contributed by atoms with van der Waals surface area (Å²) in [7, 11) is 3.29. The van der Waals surface area contributed by atoms with Gasteiger partial charge in [-0.2, -0.15) is 10.1 Å². The van der Waals surface area contributed by atoms with Gasteiger partial charge in [0.1, 0.15) is 11.8 Å². The van der Waals surface area contributed by atoms with Crippen LogP contribution in [0.25, 0.3) is 21.8 Å². The largest absolute Gasteiger partial charge is 0.467 e. The van der Waals surface area contributed by atoms with Crippen molar-refractivity contribution in [2.24, 2.45) is 12.8 Å². The maximum atomic E-state index is 13.5. The third-order valence-corrected chi connectivity index (χ3v) is 5.49. The molecule has 0 spiro atoms. The highest BCUT2D eigenvalue weighted by Gasteiger charge is 2.18. The minimum Gasteiger partial charge on any atom is -0.467 e. The summed E-state index contributed by atoms with van der Waals surface area (Å²) in [6.45, 7) is 2.45. The normalized spacial score (nSPS) is 11.9. The lowest BCUT2D eigenvalue weighted by Gasteiger charge is -2.14. The van der Waals surface area contributed by atoms with Gasteiger partial charge < -0.3 is 25.8 Å². The van der Waals surface area contributed by atoms with Crippen molar-refractivity contribution in [2.75, 3.05) is 24.3 Å². The van der Waals surface area contributed by atoms with Crippen LogP contribution in [-0.2, 0) is 7.05 Å². The van der Waals surface area contributed by atoms with E-state index in [2.05, 4.69) is 35.7 Å². The number of carbonyl (C=O) groups excluding carboxylic acids is 1. The Morgan fingerprint density at radius 3 is 2.81 bits per heavy atom. The maximum absolute atomic E-state index is 13.5. The number of ether oxygens (including phenoxy) is 2. The third kappa shape index (κ3) is 5.09. The standard InChI is InChI=1S/C25H25N9O3/c1-14(26)10-28-19-5-4-17(23-18(19)11-29-25(32-23)36-3)24(35)31-16-8-15-12-34(2)33-22(15)20(9-16)37-21-6-7-27-13-30-21/h4-9,11-14,28H,10,26H2,1-3H3,(H,31,35)/t14-/m0/s1. The first-order valence-corrected chi connectivity index (χ1v) is 11.5. The van der Waals surface area contributed by atoms with E-state index in [0.29, 0.717) is 45.8 Å². The van der Waals surface area contributed by atoms with Gasteiger partial charge in [-0.3, -0.25) is 9.48 Å². The fraction of sp³-hybridized carbons (Fsp3) is 0.200. The number of fused-ring (bicyclic) bond motifs is 2. The zero-order chi connectivity index (χ0) is 25.9. The van der Waals surface area contributed by atoms with Crippen molar-refractivity contribution in [2.45, 2.75) is 13.0 Å². The van der Waals surface area contributed by atoms with Crippen LogP contribution in [0.3, 0.4) is 0 Å². The number of nitrogens with zero attached hydrogens (tertiary/aromatic N) is 6. The molecule has 4 N–H and O–H groups in total. The highest BCUT2D eigenvalue weighted by Crippen LogP contribution is 2.33. The number of hydrogen-bond donors (Lipinski definition) is 3. The second-order valence-corrected chi connectivity index (χ2v) is 8.46. The van der Waals surface area contributed by atoms with Crippen molar-refractivity contribution in [1.29, 1.82) is 0 Å². The zero-order valence-corrected chi connectivity index (χ0v) is 20.5. The van der Waals surface area contributed by atoms with Crippen LogP contribution in [0.15, 0.2) is 55.2 Å². The smallest absolute Gasteiger partial charge is 0.316 e. The Labute approximate surface area is 211 Å². The third-order valence-electron chi connectivity index (χ3n) is 5.49. The molecule has 5 rings (SSSR count). The van der Waals surface area contributed by atoms with E-state index in [1.807, 2.05) is 32.3 Å². The van der Waals surface area contributed by atoms with Crippen molar-refractivity contribution in [3.63, 3.8) is 0 Å². The molecule has 0 bridgehead atoms. The van der Waals surface area contributed by atoms with Crippen molar-refractivity contribution < 1.29 is 14.3 Å². The monoisotopic (exact) mass is 499 g/mol. The minimum absolute atomic E-state index is 0.0571. The number of methoxy groups -OCH3 is 1. The van der Waals surface area contributed by atoms with Gasteiger partial charge in [-0.25, -0.2) is 15.0 Å². The fourth-order valence-corrected chi connectivity index (χ4v) is 3.83. The van der Waals surface area contributed by atoms with Gasteiger partial charge in [0.05, 0.1) is 18.2 Å². The van der Waals surface area contributed by atoms with Crippen LogP contribution in [-0.4, -0.2) is 55.3 Å². The average molecular weight is 500 g/mol. The van der Waals surface area contributed by atoms with E-state index in [-0.39, 0.29) is 18.0 Å². The number of amides is 1. The average Bonchev–Trinajstić information content (AvgIpc) is 3.27. The van der Waals surface area contributed by atoms with E-state index in [9.17, 15) is 4.79 Å². The quantitative estimate of drug-likeness (QED) is 0.290. The molecule has 0 aliphatic carbocycles. The van der Waals surface area contributed by atoms with Gasteiger partial charge in [-0.1, -0.05) is 0 Å². The van der Waals surface area contributed by atoms with Gasteiger partial charge >= 0.3 is 6.01 Å². The zero-order valence-electron chi connectivity index (χ0n) is 20.5. The molecule has 0 radical (unpaired) electrons. The van der Waals surface area contributed by atoms with E-state index in [0.717, 1.165) is 11.1 Å². The number of carbonyl (C=O) groups is 1. The van der Waals surface area contributed by atoms with E-state index >= 15 is 0 Å².